The standard InChI is InChI=1S/C22H27ClN2O2/c1-22(2,3)27-21(26)25-14-12-18(13-15-25)24-20-7-5-4-6-19(20)16-8-10-17(23)11-9-16/h4-11,18,24H,12-15H2,1-3H3. The van der Waals surface area contributed by atoms with Gasteiger partial charge in [0.05, 0.1) is 0 Å². The number of piperidine rings is 1. The second kappa shape index (κ2) is 8.22. The number of carbonyl (C=O) groups is 1. The SMILES string of the molecule is CC(C)(C)OC(=O)N1CCC(Nc2ccccc2-c2ccc(Cl)cc2)CC1. The van der Waals surface area contributed by atoms with Gasteiger partial charge in [-0.25, -0.2) is 4.79 Å². The molecule has 0 aromatic heterocycles. The molecule has 4 nitrogen and oxygen atoms in total. The number of anilines is 1. The molecule has 1 N–H and O–H groups in total. The summed E-state index contributed by atoms with van der Waals surface area (Å²) in [6, 6.07) is 16.5. The quantitative estimate of drug-likeness (QED) is 0.722. The normalized spacial score (nSPS) is 15.5. The van der Waals surface area contributed by atoms with Crippen molar-refractivity contribution in [1.82, 2.24) is 4.90 Å². The number of nitrogens with one attached hydrogen (secondary N) is 1. The third-order valence-corrected chi connectivity index (χ3v) is 4.84. The Hall–Kier alpha value is -2.20. The zero-order valence-electron chi connectivity index (χ0n) is 16.2. The molecule has 0 radical (unpaired) electrons. The van der Waals surface area contributed by atoms with Gasteiger partial charge in [0.2, 0.25) is 0 Å². The van der Waals surface area contributed by atoms with Gasteiger partial charge in [0.15, 0.2) is 0 Å². The summed E-state index contributed by atoms with van der Waals surface area (Å²) in [6.07, 6.45) is 1.57. The van der Waals surface area contributed by atoms with Crippen molar-refractivity contribution in [2.24, 2.45) is 0 Å². The van der Waals surface area contributed by atoms with E-state index in [0.717, 1.165) is 34.7 Å². The summed E-state index contributed by atoms with van der Waals surface area (Å²) < 4.78 is 5.47. The van der Waals surface area contributed by atoms with Crippen molar-refractivity contribution in [2.45, 2.75) is 45.3 Å². The number of likely N-dealkylation sites (tertiary alicyclic amines) is 1. The van der Waals surface area contributed by atoms with Crippen LogP contribution in [0.15, 0.2) is 48.5 Å². The van der Waals surface area contributed by atoms with Crippen molar-refractivity contribution < 1.29 is 9.53 Å². The Labute approximate surface area is 166 Å². The van der Waals surface area contributed by atoms with Gasteiger partial charge in [-0.15, -0.1) is 0 Å². The van der Waals surface area contributed by atoms with Gasteiger partial charge < -0.3 is 15.0 Å². The summed E-state index contributed by atoms with van der Waals surface area (Å²) in [5.74, 6) is 0. The Bertz CT molecular complexity index is 776. The zero-order chi connectivity index (χ0) is 19.4. The Morgan fingerprint density at radius 1 is 1.07 bits per heavy atom. The second-order valence-electron chi connectivity index (χ2n) is 7.94. The molecule has 0 spiro atoms. The van der Waals surface area contributed by atoms with Gasteiger partial charge in [-0.1, -0.05) is 41.9 Å². The summed E-state index contributed by atoms with van der Waals surface area (Å²) in [6.45, 7) is 7.10. The predicted molar refractivity (Wildman–Crippen MR) is 111 cm³/mol. The van der Waals surface area contributed by atoms with Crippen molar-refractivity contribution in [3.8, 4) is 11.1 Å². The molecule has 2 aromatic rings. The Balaban J connectivity index is 1.63. The highest BCUT2D eigenvalue weighted by molar-refractivity contribution is 6.30. The van der Waals surface area contributed by atoms with E-state index in [9.17, 15) is 4.79 Å². The first kappa shape index (κ1) is 19.6. The minimum absolute atomic E-state index is 0.220. The van der Waals surface area contributed by atoms with E-state index in [1.807, 2.05) is 57.2 Å². The number of amides is 1. The predicted octanol–water partition coefficient (Wildman–Crippen LogP) is 5.82. The van der Waals surface area contributed by atoms with Gasteiger partial charge >= 0.3 is 6.09 Å². The summed E-state index contributed by atoms with van der Waals surface area (Å²) in [5, 5.41) is 4.39. The number of halogens is 1. The topological polar surface area (TPSA) is 41.6 Å². The van der Waals surface area contributed by atoms with E-state index in [1.54, 1.807) is 4.90 Å². The average Bonchev–Trinajstić information content (AvgIpc) is 2.62. The van der Waals surface area contributed by atoms with Crippen LogP contribution in [0.3, 0.4) is 0 Å². The van der Waals surface area contributed by atoms with Crippen LogP contribution < -0.4 is 5.32 Å². The van der Waals surface area contributed by atoms with Crippen LogP contribution >= 0.6 is 11.6 Å². The number of benzene rings is 2. The maximum atomic E-state index is 12.2. The van der Waals surface area contributed by atoms with Gasteiger partial charge in [0.25, 0.3) is 0 Å². The first-order chi connectivity index (χ1) is 12.8. The molecule has 1 aliphatic heterocycles. The highest BCUT2D eigenvalue weighted by atomic mass is 35.5. The molecule has 1 amide bonds. The molecule has 1 aliphatic rings. The lowest BCUT2D eigenvalue weighted by atomic mass is 10.0. The molecule has 0 atom stereocenters. The average molecular weight is 387 g/mol. The molecule has 0 unspecified atom stereocenters. The highest BCUT2D eigenvalue weighted by Crippen LogP contribution is 2.30. The molecule has 0 saturated carbocycles. The number of carbonyl (C=O) groups excluding carboxylic acids is 1. The lowest BCUT2D eigenvalue weighted by Gasteiger charge is -2.34. The Morgan fingerprint density at radius 3 is 2.33 bits per heavy atom. The third kappa shape index (κ3) is 5.39. The van der Waals surface area contributed by atoms with Gasteiger partial charge in [0.1, 0.15) is 5.60 Å². The van der Waals surface area contributed by atoms with E-state index in [2.05, 4.69) is 17.4 Å². The fraction of sp³-hybridized carbons (Fsp3) is 0.409. The fourth-order valence-electron chi connectivity index (χ4n) is 3.24. The molecule has 3 rings (SSSR count). The van der Waals surface area contributed by atoms with E-state index in [4.69, 9.17) is 16.3 Å². The van der Waals surface area contributed by atoms with Crippen LogP contribution in [0.1, 0.15) is 33.6 Å². The number of hydrogen-bond acceptors (Lipinski definition) is 3. The maximum absolute atomic E-state index is 12.2. The molecule has 27 heavy (non-hydrogen) atoms. The Kier molecular flexibility index (Phi) is 5.95. The van der Waals surface area contributed by atoms with Crippen LogP contribution in [-0.4, -0.2) is 35.7 Å². The third-order valence-electron chi connectivity index (χ3n) is 4.59. The molecule has 1 fully saturated rings. The number of para-hydroxylation sites is 1. The van der Waals surface area contributed by atoms with Crippen LogP contribution in [-0.2, 0) is 4.74 Å². The number of nitrogens with zero attached hydrogens (tertiary/aromatic N) is 1. The van der Waals surface area contributed by atoms with E-state index in [-0.39, 0.29) is 6.09 Å². The summed E-state index contributed by atoms with van der Waals surface area (Å²) in [7, 11) is 0. The molecular weight excluding hydrogens is 360 g/mol. The van der Waals surface area contributed by atoms with E-state index >= 15 is 0 Å². The van der Waals surface area contributed by atoms with Crippen LogP contribution in [0.4, 0.5) is 10.5 Å². The van der Waals surface area contributed by atoms with Crippen molar-refractivity contribution in [3.05, 3.63) is 53.6 Å². The minimum atomic E-state index is -0.455. The minimum Gasteiger partial charge on any atom is -0.444 e. The molecule has 1 heterocycles. The Morgan fingerprint density at radius 2 is 1.70 bits per heavy atom. The van der Waals surface area contributed by atoms with Gasteiger partial charge in [-0.05, 0) is 57.4 Å². The maximum Gasteiger partial charge on any atom is 0.410 e. The molecular formula is C22H27ClN2O2. The van der Waals surface area contributed by atoms with Crippen LogP contribution in [0.2, 0.25) is 5.02 Å². The summed E-state index contributed by atoms with van der Waals surface area (Å²) in [4.78, 5) is 14.0. The van der Waals surface area contributed by atoms with Crippen molar-refractivity contribution in [3.63, 3.8) is 0 Å². The molecule has 2 aromatic carbocycles. The largest absolute Gasteiger partial charge is 0.444 e. The first-order valence-electron chi connectivity index (χ1n) is 9.41. The lowest BCUT2D eigenvalue weighted by molar-refractivity contribution is 0.0210. The second-order valence-corrected chi connectivity index (χ2v) is 8.37. The van der Waals surface area contributed by atoms with Crippen LogP contribution in [0, 0.1) is 0 Å². The lowest BCUT2D eigenvalue weighted by Crippen LogP contribution is -2.44. The summed E-state index contributed by atoms with van der Waals surface area (Å²) in [5.41, 5.74) is 2.94. The fourth-order valence-corrected chi connectivity index (χ4v) is 3.37. The number of ether oxygens (including phenoxy) is 1. The van der Waals surface area contributed by atoms with E-state index < -0.39 is 5.60 Å². The zero-order valence-corrected chi connectivity index (χ0v) is 16.9. The van der Waals surface area contributed by atoms with E-state index in [0.29, 0.717) is 19.1 Å². The molecule has 0 bridgehead atoms. The molecule has 0 aliphatic carbocycles. The van der Waals surface area contributed by atoms with Crippen LogP contribution in [0.25, 0.3) is 11.1 Å². The van der Waals surface area contributed by atoms with Gasteiger partial charge in [-0.3, -0.25) is 0 Å². The summed E-state index contributed by atoms with van der Waals surface area (Å²) >= 11 is 6.02. The van der Waals surface area contributed by atoms with Crippen LogP contribution in [0.5, 0.6) is 0 Å². The smallest absolute Gasteiger partial charge is 0.410 e. The number of rotatable bonds is 3. The molecule has 144 valence electrons. The van der Waals surface area contributed by atoms with Gasteiger partial charge in [-0.2, -0.15) is 0 Å². The van der Waals surface area contributed by atoms with Crippen molar-refractivity contribution in [1.29, 1.82) is 0 Å². The number of hydrogen-bond donors (Lipinski definition) is 1. The van der Waals surface area contributed by atoms with E-state index in [1.165, 1.54) is 0 Å². The molecule has 1 saturated heterocycles. The molecule has 5 heteroatoms. The highest BCUT2D eigenvalue weighted by Gasteiger charge is 2.27. The monoisotopic (exact) mass is 386 g/mol. The van der Waals surface area contributed by atoms with Crippen molar-refractivity contribution >= 4 is 23.4 Å². The first-order valence-corrected chi connectivity index (χ1v) is 9.79. The van der Waals surface area contributed by atoms with Gasteiger partial charge in [0, 0.05) is 35.4 Å². The van der Waals surface area contributed by atoms with Crippen molar-refractivity contribution in [2.75, 3.05) is 18.4 Å².